The second-order valence-electron chi connectivity index (χ2n) is 7.21. The predicted molar refractivity (Wildman–Crippen MR) is 103 cm³/mol. The van der Waals surface area contributed by atoms with E-state index in [0.29, 0.717) is 49.7 Å². The van der Waals surface area contributed by atoms with Crippen LogP contribution in [0.15, 0.2) is 48.5 Å². The quantitative estimate of drug-likeness (QED) is 0.681. The number of anilines is 1. The van der Waals surface area contributed by atoms with E-state index in [1.54, 1.807) is 0 Å². The van der Waals surface area contributed by atoms with Crippen molar-refractivity contribution in [3.63, 3.8) is 0 Å². The van der Waals surface area contributed by atoms with Gasteiger partial charge in [-0.3, -0.25) is 0 Å². The fraction of sp³-hybridized carbons (Fsp3) is 0.333. The number of hydrogen-bond donors (Lipinski definition) is 2. The molecule has 0 saturated carbocycles. The third kappa shape index (κ3) is 4.18. The molecule has 3 aromatic rings. The molecule has 1 aliphatic rings. The van der Waals surface area contributed by atoms with Crippen molar-refractivity contribution < 1.29 is 23.0 Å². The molecule has 1 aliphatic heterocycles. The Kier molecular flexibility index (Phi) is 5.14. The molecular weight excluding hydrogens is 383 g/mol. The molecule has 29 heavy (non-hydrogen) atoms. The van der Waals surface area contributed by atoms with E-state index in [4.69, 9.17) is 4.74 Å². The molecule has 2 heterocycles. The standard InChI is InChI=1S/C21H20F3N3O2/c22-21(23,24)15-7-5-14(6-8-15)18-16-3-1-2-4-17(16)19(27-26-18)25-13-20(28)9-11-29-12-10-20/h1-8,28H,9-13H2,(H,25,27). The predicted octanol–water partition coefficient (Wildman–Crippen LogP) is 4.27. The minimum atomic E-state index is -4.38. The van der Waals surface area contributed by atoms with Gasteiger partial charge in [-0.05, 0) is 12.1 Å². The number of nitrogens with one attached hydrogen (secondary N) is 1. The first-order chi connectivity index (χ1) is 13.9. The van der Waals surface area contributed by atoms with Gasteiger partial charge in [0.2, 0.25) is 0 Å². The van der Waals surface area contributed by atoms with E-state index in [2.05, 4.69) is 15.5 Å². The molecule has 0 spiro atoms. The molecule has 0 amide bonds. The molecule has 1 saturated heterocycles. The lowest BCUT2D eigenvalue weighted by atomic mass is 9.94. The summed E-state index contributed by atoms with van der Waals surface area (Å²) in [7, 11) is 0. The maximum atomic E-state index is 12.8. The molecule has 2 N–H and O–H groups in total. The number of hydrogen-bond acceptors (Lipinski definition) is 5. The summed E-state index contributed by atoms with van der Waals surface area (Å²) in [6, 6.07) is 12.3. The monoisotopic (exact) mass is 403 g/mol. The van der Waals surface area contributed by atoms with E-state index < -0.39 is 17.3 Å². The summed E-state index contributed by atoms with van der Waals surface area (Å²) in [6.07, 6.45) is -3.31. The highest BCUT2D eigenvalue weighted by molar-refractivity contribution is 6.00. The van der Waals surface area contributed by atoms with Crippen molar-refractivity contribution in [3.8, 4) is 11.3 Å². The zero-order chi connectivity index (χ0) is 20.5. The molecule has 0 atom stereocenters. The van der Waals surface area contributed by atoms with Crippen LogP contribution in [-0.4, -0.2) is 40.7 Å². The summed E-state index contributed by atoms with van der Waals surface area (Å²) >= 11 is 0. The topological polar surface area (TPSA) is 67.3 Å². The number of rotatable bonds is 4. The van der Waals surface area contributed by atoms with Gasteiger partial charge in [0, 0.05) is 48.9 Å². The average molecular weight is 403 g/mol. The molecule has 0 aliphatic carbocycles. The molecule has 0 radical (unpaired) electrons. The Bertz CT molecular complexity index is 1000. The van der Waals surface area contributed by atoms with Gasteiger partial charge in [-0.15, -0.1) is 10.2 Å². The number of fused-ring (bicyclic) bond motifs is 1. The molecule has 0 bridgehead atoms. The van der Waals surface area contributed by atoms with Gasteiger partial charge in [-0.1, -0.05) is 36.4 Å². The average Bonchev–Trinajstić information content (AvgIpc) is 2.72. The lowest BCUT2D eigenvalue weighted by molar-refractivity contribution is -0.137. The highest BCUT2D eigenvalue weighted by Gasteiger charge is 2.31. The van der Waals surface area contributed by atoms with Crippen molar-refractivity contribution in [2.24, 2.45) is 0 Å². The summed E-state index contributed by atoms with van der Waals surface area (Å²) in [5, 5.41) is 23.9. The Morgan fingerprint density at radius 1 is 0.966 bits per heavy atom. The van der Waals surface area contributed by atoms with Gasteiger partial charge in [0.25, 0.3) is 0 Å². The first-order valence-corrected chi connectivity index (χ1v) is 9.33. The zero-order valence-electron chi connectivity index (χ0n) is 15.5. The van der Waals surface area contributed by atoms with Crippen LogP contribution >= 0.6 is 0 Å². The van der Waals surface area contributed by atoms with Crippen LogP contribution in [0.3, 0.4) is 0 Å². The minimum absolute atomic E-state index is 0.314. The summed E-state index contributed by atoms with van der Waals surface area (Å²) < 4.78 is 43.8. The number of nitrogens with zero attached hydrogens (tertiary/aromatic N) is 2. The molecule has 5 nitrogen and oxygen atoms in total. The van der Waals surface area contributed by atoms with E-state index >= 15 is 0 Å². The molecular formula is C21H20F3N3O2. The third-order valence-electron chi connectivity index (χ3n) is 5.18. The number of aromatic nitrogens is 2. The maximum Gasteiger partial charge on any atom is 0.416 e. The van der Waals surface area contributed by atoms with Crippen LogP contribution in [0.1, 0.15) is 18.4 Å². The second-order valence-corrected chi connectivity index (χ2v) is 7.21. The lowest BCUT2D eigenvalue weighted by Gasteiger charge is -2.32. The van der Waals surface area contributed by atoms with Crippen LogP contribution < -0.4 is 5.32 Å². The van der Waals surface area contributed by atoms with Crippen LogP contribution in [0.2, 0.25) is 0 Å². The summed E-state index contributed by atoms with van der Waals surface area (Å²) in [4.78, 5) is 0. The smallest absolute Gasteiger partial charge is 0.388 e. The van der Waals surface area contributed by atoms with Crippen molar-refractivity contribution in [2.75, 3.05) is 25.1 Å². The van der Waals surface area contributed by atoms with Crippen LogP contribution in [-0.2, 0) is 10.9 Å². The number of alkyl halides is 3. The molecule has 8 heteroatoms. The highest BCUT2D eigenvalue weighted by Crippen LogP contribution is 2.33. The second kappa shape index (κ2) is 7.61. The zero-order valence-corrected chi connectivity index (χ0v) is 15.5. The Morgan fingerprint density at radius 3 is 2.28 bits per heavy atom. The van der Waals surface area contributed by atoms with E-state index in [1.807, 2.05) is 24.3 Å². The van der Waals surface area contributed by atoms with Crippen LogP contribution in [0.4, 0.5) is 19.0 Å². The fourth-order valence-corrected chi connectivity index (χ4v) is 3.44. The van der Waals surface area contributed by atoms with Crippen molar-refractivity contribution in [1.82, 2.24) is 10.2 Å². The highest BCUT2D eigenvalue weighted by atomic mass is 19.4. The maximum absolute atomic E-state index is 12.8. The first-order valence-electron chi connectivity index (χ1n) is 9.33. The van der Waals surface area contributed by atoms with E-state index in [-0.39, 0.29) is 0 Å². The van der Waals surface area contributed by atoms with Crippen LogP contribution in [0, 0.1) is 0 Å². The molecule has 2 aromatic carbocycles. The fourth-order valence-electron chi connectivity index (χ4n) is 3.44. The summed E-state index contributed by atoms with van der Waals surface area (Å²) in [6.45, 7) is 1.34. The SMILES string of the molecule is OC1(CNc2nnc(-c3ccc(C(F)(F)F)cc3)c3ccccc23)CCOCC1. The lowest BCUT2D eigenvalue weighted by Crippen LogP contribution is -2.42. The number of halogens is 3. The molecule has 0 unspecified atom stereocenters. The van der Waals surface area contributed by atoms with Crippen LogP contribution in [0.5, 0.6) is 0 Å². The van der Waals surface area contributed by atoms with Crippen molar-refractivity contribution >= 4 is 16.6 Å². The number of ether oxygens (including phenoxy) is 1. The van der Waals surface area contributed by atoms with Gasteiger partial charge in [0.1, 0.15) is 5.69 Å². The third-order valence-corrected chi connectivity index (χ3v) is 5.18. The van der Waals surface area contributed by atoms with Crippen molar-refractivity contribution in [2.45, 2.75) is 24.6 Å². The Labute approximate surface area is 165 Å². The largest absolute Gasteiger partial charge is 0.416 e. The Morgan fingerprint density at radius 2 is 1.62 bits per heavy atom. The van der Waals surface area contributed by atoms with Crippen LogP contribution in [0.25, 0.3) is 22.0 Å². The number of benzene rings is 2. The molecule has 152 valence electrons. The normalized spacial score (nSPS) is 16.7. The van der Waals surface area contributed by atoms with Gasteiger partial charge in [0.05, 0.1) is 11.2 Å². The van der Waals surface area contributed by atoms with E-state index in [0.717, 1.165) is 22.9 Å². The minimum Gasteiger partial charge on any atom is -0.388 e. The molecule has 1 aromatic heterocycles. The Balaban J connectivity index is 1.65. The molecule has 4 rings (SSSR count). The van der Waals surface area contributed by atoms with E-state index in [9.17, 15) is 18.3 Å². The van der Waals surface area contributed by atoms with Gasteiger partial charge in [0.15, 0.2) is 5.82 Å². The van der Waals surface area contributed by atoms with Gasteiger partial charge in [-0.25, -0.2) is 0 Å². The Hall–Kier alpha value is -2.71. The first kappa shape index (κ1) is 19.6. The van der Waals surface area contributed by atoms with Gasteiger partial charge >= 0.3 is 6.18 Å². The molecule has 1 fully saturated rings. The van der Waals surface area contributed by atoms with Crippen molar-refractivity contribution in [3.05, 3.63) is 54.1 Å². The van der Waals surface area contributed by atoms with E-state index in [1.165, 1.54) is 12.1 Å². The number of aliphatic hydroxyl groups is 1. The van der Waals surface area contributed by atoms with Crippen molar-refractivity contribution in [1.29, 1.82) is 0 Å². The summed E-state index contributed by atoms with van der Waals surface area (Å²) in [5.41, 5.74) is -0.518. The van der Waals surface area contributed by atoms with Gasteiger partial charge < -0.3 is 15.2 Å². The van der Waals surface area contributed by atoms with Gasteiger partial charge in [-0.2, -0.15) is 13.2 Å². The summed E-state index contributed by atoms with van der Waals surface area (Å²) in [5.74, 6) is 0.524.